The average molecular weight is 328 g/mol. The van der Waals surface area contributed by atoms with Crippen molar-refractivity contribution in [2.45, 2.75) is 18.5 Å². The van der Waals surface area contributed by atoms with E-state index in [4.69, 9.17) is 0 Å². The highest BCUT2D eigenvalue weighted by molar-refractivity contribution is 9.10. The molecular weight excluding hydrogens is 322 g/mol. The SMILES string of the molecule is OC(c1ccc(Br)c2ncnn12)(C(F)F)C(F)F. The van der Waals surface area contributed by atoms with E-state index >= 15 is 0 Å². The fourth-order valence-corrected chi connectivity index (χ4v) is 1.90. The summed E-state index contributed by atoms with van der Waals surface area (Å²) >= 11 is 3.07. The molecule has 4 nitrogen and oxygen atoms in total. The summed E-state index contributed by atoms with van der Waals surface area (Å²) in [5.41, 5.74) is -4.25. The zero-order valence-corrected chi connectivity index (χ0v) is 10.2. The Labute approximate surface area is 106 Å². The summed E-state index contributed by atoms with van der Waals surface area (Å²) in [4.78, 5) is 3.72. The summed E-state index contributed by atoms with van der Waals surface area (Å²) in [5.74, 6) is 0. The predicted octanol–water partition coefficient (Wildman–Crippen LogP) is 2.21. The molecule has 0 saturated heterocycles. The van der Waals surface area contributed by atoms with Gasteiger partial charge in [-0.15, -0.1) is 0 Å². The van der Waals surface area contributed by atoms with Crippen LogP contribution in [0.5, 0.6) is 0 Å². The van der Waals surface area contributed by atoms with Crippen LogP contribution in [-0.2, 0) is 5.60 Å². The van der Waals surface area contributed by atoms with Crippen molar-refractivity contribution in [3.8, 4) is 0 Å². The van der Waals surface area contributed by atoms with Crippen molar-refractivity contribution >= 4 is 21.6 Å². The standard InChI is InChI=1S/C9H6BrF4N3O/c10-4-1-2-5(17-6(4)15-3-16-17)9(18,7(11)12)8(13)14/h1-3,7-8,18H. The Bertz CT molecular complexity index is 566. The van der Waals surface area contributed by atoms with Crippen molar-refractivity contribution in [1.82, 2.24) is 14.6 Å². The van der Waals surface area contributed by atoms with E-state index < -0.39 is 24.1 Å². The van der Waals surface area contributed by atoms with E-state index in [9.17, 15) is 22.7 Å². The third-order valence-electron chi connectivity index (χ3n) is 2.45. The van der Waals surface area contributed by atoms with Crippen molar-refractivity contribution in [1.29, 1.82) is 0 Å². The zero-order chi connectivity index (χ0) is 13.5. The van der Waals surface area contributed by atoms with Crippen molar-refractivity contribution < 1.29 is 22.7 Å². The summed E-state index contributed by atoms with van der Waals surface area (Å²) in [5, 5.41) is 13.1. The smallest absolute Gasteiger partial charge is 0.278 e. The van der Waals surface area contributed by atoms with Crippen molar-refractivity contribution in [3.63, 3.8) is 0 Å². The van der Waals surface area contributed by atoms with E-state index in [-0.39, 0.29) is 5.65 Å². The van der Waals surface area contributed by atoms with Crippen molar-refractivity contribution in [3.05, 3.63) is 28.6 Å². The molecule has 18 heavy (non-hydrogen) atoms. The van der Waals surface area contributed by atoms with Gasteiger partial charge in [0.2, 0.25) is 5.60 Å². The van der Waals surface area contributed by atoms with Crippen LogP contribution in [0.15, 0.2) is 22.9 Å². The molecule has 2 aromatic heterocycles. The monoisotopic (exact) mass is 327 g/mol. The largest absolute Gasteiger partial charge is 0.373 e. The lowest BCUT2D eigenvalue weighted by atomic mass is 10.0. The molecule has 0 fully saturated rings. The number of aliphatic hydroxyl groups is 1. The molecule has 0 spiro atoms. The maximum absolute atomic E-state index is 12.8. The molecule has 0 atom stereocenters. The van der Waals surface area contributed by atoms with Gasteiger partial charge in [0.1, 0.15) is 6.33 Å². The third-order valence-corrected chi connectivity index (χ3v) is 3.07. The Morgan fingerprint density at radius 1 is 1.22 bits per heavy atom. The summed E-state index contributed by atoms with van der Waals surface area (Å²) in [6.45, 7) is 0. The van der Waals surface area contributed by atoms with Crippen LogP contribution in [0.3, 0.4) is 0 Å². The molecule has 0 amide bonds. The first-order valence-electron chi connectivity index (χ1n) is 4.66. The van der Waals surface area contributed by atoms with Crippen LogP contribution >= 0.6 is 15.9 Å². The lowest BCUT2D eigenvalue weighted by Gasteiger charge is -2.26. The number of hydrogen-bond acceptors (Lipinski definition) is 3. The minimum absolute atomic E-state index is 0.0622. The van der Waals surface area contributed by atoms with Gasteiger partial charge in [-0.2, -0.15) is 5.10 Å². The van der Waals surface area contributed by atoms with Gasteiger partial charge in [-0.05, 0) is 28.1 Å². The molecule has 0 aliphatic carbocycles. The van der Waals surface area contributed by atoms with E-state index in [2.05, 4.69) is 26.0 Å². The molecule has 1 N–H and O–H groups in total. The molecule has 2 rings (SSSR count). The molecular formula is C9H6BrF4N3O. The average Bonchev–Trinajstić information content (AvgIpc) is 2.77. The summed E-state index contributed by atoms with van der Waals surface area (Å²) in [6.07, 6.45) is -6.31. The van der Waals surface area contributed by atoms with Crippen molar-refractivity contribution in [2.24, 2.45) is 0 Å². The van der Waals surface area contributed by atoms with Gasteiger partial charge >= 0.3 is 0 Å². The number of halogens is 5. The molecule has 2 heterocycles. The second-order valence-corrected chi connectivity index (χ2v) is 4.34. The third kappa shape index (κ3) is 1.77. The fraction of sp³-hybridized carbons (Fsp3) is 0.333. The Kier molecular flexibility index (Phi) is 3.28. The molecule has 0 aliphatic rings. The van der Waals surface area contributed by atoms with Gasteiger partial charge in [0, 0.05) is 0 Å². The van der Waals surface area contributed by atoms with E-state index in [1.807, 2.05) is 0 Å². The molecule has 0 aliphatic heterocycles. The van der Waals surface area contributed by atoms with Gasteiger partial charge in [0.15, 0.2) is 5.65 Å². The van der Waals surface area contributed by atoms with Crippen LogP contribution in [0.25, 0.3) is 5.65 Å². The van der Waals surface area contributed by atoms with Gasteiger partial charge < -0.3 is 5.11 Å². The molecule has 0 saturated carbocycles. The minimum Gasteiger partial charge on any atom is -0.373 e. The Balaban J connectivity index is 2.73. The molecule has 0 aromatic carbocycles. The molecule has 0 radical (unpaired) electrons. The second kappa shape index (κ2) is 4.47. The number of rotatable bonds is 3. The van der Waals surface area contributed by atoms with Gasteiger partial charge in [0.25, 0.3) is 12.9 Å². The summed E-state index contributed by atoms with van der Waals surface area (Å²) < 4.78 is 52.1. The molecule has 2 aromatic rings. The lowest BCUT2D eigenvalue weighted by Crippen LogP contribution is -2.43. The minimum atomic E-state index is -3.66. The topological polar surface area (TPSA) is 50.4 Å². The highest BCUT2D eigenvalue weighted by Crippen LogP contribution is 2.35. The number of hydrogen-bond donors (Lipinski definition) is 1. The first-order valence-corrected chi connectivity index (χ1v) is 5.45. The number of alkyl halides is 4. The fourth-order valence-electron chi connectivity index (χ4n) is 1.50. The van der Waals surface area contributed by atoms with E-state index in [0.717, 1.165) is 16.9 Å². The number of fused-ring (bicyclic) bond motifs is 1. The van der Waals surface area contributed by atoms with Crippen LogP contribution in [0.4, 0.5) is 17.6 Å². The van der Waals surface area contributed by atoms with Gasteiger partial charge in [-0.1, -0.05) is 0 Å². The van der Waals surface area contributed by atoms with Crippen LogP contribution in [-0.4, -0.2) is 32.6 Å². The first-order chi connectivity index (χ1) is 8.39. The normalized spacial score (nSPS) is 12.9. The molecule has 0 unspecified atom stereocenters. The lowest BCUT2D eigenvalue weighted by molar-refractivity contribution is -0.186. The maximum atomic E-state index is 12.8. The van der Waals surface area contributed by atoms with Crippen molar-refractivity contribution in [2.75, 3.05) is 0 Å². The van der Waals surface area contributed by atoms with Gasteiger partial charge in [0.05, 0.1) is 10.2 Å². The van der Waals surface area contributed by atoms with Crippen LogP contribution in [0.2, 0.25) is 0 Å². The number of nitrogens with zero attached hydrogens (tertiary/aromatic N) is 3. The molecule has 0 bridgehead atoms. The van der Waals surface area contributed by atoms with Gasteiger partial charge in [-0.25, -0.2) is 27.1 Å². The Morgan fingerprint density at radius 2 is 1.83 bits per heavy atom. The quantitative estimate of drug-likeness (QED) is 0.879. The molecule has 98 valence electrons. The van der Waals surface area contributed by atoms with E-state index in [1.165, 1.54) is 6.07 Å². The predicted molar refractivity (Wildman–Crippen MR) is 56.6 cm³/mol. The molecule has 9 heteroatoms. The zero-order valence-electron chi connectivity index (χ0n) is 8.57. The first kappa shape index (κ1) is 13.2. The summed E-state index contributed by atoms with van der Waals surface area (Å²) in [7, 11) is 0. The number of aromatic nitrogens is 3. The summed E-state index contributed by atoms with van der Waals surface area (Å²) in [6, 6.07) is 2.19. The van der Waals surface area contributed by atoms with E-state index in [1.54, 1.807) is 0 Å². The van der Waals surface area contributed by atoms with Crippen LogP contribution in [0.1, 0.15) is 5.69 Å². The Hall–Kier alpha value is -1.22. The van der Waals surface area contributed by atoms with Crippen LogP contribution < -0.4 is 0 Å². The van der Waals surface area contributed by atoms with Crippen LogP contribution in [0, 0.1) is 0 Å². The van der Waals surface area contributed by atoms with Gasteiger partial charge in [-0.3, -0.25) is 0 Å². The highest BCUT2D eigenvalue weighted by atomic mass is 79.9. The van der Waals surface area contributed by atoms with E-state index in [0.29, 0.717) is 4.47 Å². The highest BCUT2D eigenvalue weighted by Gasteiger charge is 2.50. The second-order valence-electron chi connectivity index (χ2n) is 3.49. The Morgan fingerprint density at radius 3 is 2.39 bits per heavy atom. The maximum Gasteiger partial charge on any atom is 0.278 e. The number of pyridine rings is 1.